The van der Waals surface area contributed by atoms with Gasteiger partial charge in [0, 0.05) is 23.7 Å². The van der Waals surface area contributed by atoms with E-state index in [1.54, 1.807) is 29.1 Å². The summed E-state index contributed by atoms with van der Waals surface area (Å²) < 4.78 is 1.54. The van der Waals surface area contributed by atoms with Gasteiger partial charge in [-0.15, -0.1) is 0 Å². The van der Waals surface area contributed by atoms with E-state index in [1.165, 1.54) is 18.3 Å². The van der Waals surface area contributed by atoms with Gasteiger partial charge in [0.25, 0.3) is 5.69 Å². The first-order valence-corrected chi connectivity index (χ1v) is 5.77. The summed E-state index contributed by atoms with van der Waals surface area (Å²) in [5.41, 5.74) is 0.646. The topological polar surface area (TPSA) is 73.8 Å². The summed E-state index contributed by atoms with van der Waals surface area (Å²) in [6.07, 6.45) is 3.14. The van der Waals surface area contributed by atoms with E-state index in [0.29, 0.717) is 16.4 Å². The van der Waals surface area contributed by atoms with Crippen molar-refractivity contribution >= 4 is 28.2 Å². The summed E-state index contributed by atoms with van der Waals surface area (Å²) in [6, 6.07) is 7.97. The van der Waals surface area contributed by atoms with Crippen LogP contribution in [-0.2, 0) is 0 Å². The smallest absolute Gasteiger partial charge is 0.258 e. The monoisotopic (exact) mass is 274 g/mol. The number of hydrogen-bond donors (Lipinski definition) is 0. The molecule has 0 saturated heterocycles. The Morgan fingerprint density at radius 2 is 2.05 bits per heavy atom. The summed E-state index contributed by atoms with van der Waals surface area (Å²) in [7, 11) is 0. The van der Waals surface area contributed by atoms with Gasteiger partial charge in [-0.2, -0.15) is 5.10 Å². The van der Waals surface area contributed by atoms with Crippen LogP contribution in [0.4, 0.5) is 5.69 Å². The van der Waals surface area contributed by atoms with E-state index in [9.17, 15) is 10.1 Å². The molecule has 0 fully saturated rings. The number of halogens is 1. The van der Waals surface area contributed by atoms with E-state index in [-0.39, 0.29) is 5.69 Å². The van der Waals surface area contributed by atoms with Gasteiger partial charge in [-0.05, 0) is 18.2 Å². The highest BCUT2D eigenvalue weighted by atomic mass is 35.5. The first-order chi connectivity index (χ1) is 9.15. The van der Waals surface area contributed by atoms with Crippen LogP contribution in [0.25, 0.3) is 16.7 Å². The van der Waals surface area contributed by atoms with E-state index >= 15 is 0 Å². The number of benzene rings is 1. The second-order valence-electron chi connectivity index (χ2n) is 3.89. The molecule has 6 nitrogen and oxygen atoms in total. The van der Waals surface area contributed by atoms with Gasteiger partial charge in [0.1, 0.15) is 0 Å². The number of hydrogen-bond acceptors (Lipinski definition) is 4. The summed E-state index contributed by atoms with van der Waals surface area (Å²) >= 11 is 5.78. The largest absolute Gasteiger partial charge is 0.271 e. The van der Waals surface area contributed by atoms with Crippen molar-refractivity contribution in [1.82, 2.24) is 14.8 Å². The number of nitrogens with zero attached hydrogens (tertiary/aromatic N) is 4. The van der Waals surface area contributed by atoms with Crippen molar-refractivity contribution in [3.8, 4) is 5.82 Å². The standard InChI is InChI=1S/C12H7ClN4O2/c13-9-2-4-12(14-7-9)16-11-5-10(17(18)19)3-1-8(11)6-15-16/h1-7H. The van der Waals surface area contributed by atoms with Crippen molar-refractivity contribution < 1.29 is 4.92 Å². The lowest BCUT2D eigenvalue weighted by atomic mass is 10.2. The zero-order valence-corrected chi connectivity index (χ0v) is 10.3. The molecule has 2 aromatic heterocycles. The van der Waals surface area contributed by atoms with Crippen LogP contribution < -0.4 is 0 Å². The molecule has 0 amide bonds. The zero-order chi connectivity index (χ0) is 13.4. The Balaban J connectivity index is 2.21. The fourth-order valence-electron chi connectivity index (χ4n) is 1.80. The number of non-ortho nitro benzene ring substituents is 1. The lowest BCUT2D eigenvalue weighted by Crippen LogP contribution is -1.99. The Morgan fingerprint density at radius 3 is 2.74 bits per heavy atom. The maximum atomic E-state index is 10.8. The molecule has 0 spiro atoms. The highest BCUT2D eigenvalue weighted by Gasteiger charge is 2.11. The van der Waals surface area contributed by atoms with E-state index in [4.69, 9.17) is 11.6 Å². The normalized spacial score (nSPS) is 10.8. The number of fused-ring (bicyclic) bond motifs is 1. The zero-order valence-electron chi connectivity index (χ0n) is 9.52. The molecule has 3 aromatic rings. The predicted molar refractivity (Wildman–Crippen MR) is 70.5 cm³/mol. The Labute approximate surface area is 112 Å². The van der Waals surface area contributed by atoms with Crippen LogP contribution in [0.15, 0.2) is 42.7 Å². The predicted octanol–water partition coefficient (Wildman–Crippen LogP) is 2.98. The number of nitro benzene ring substituents is 1. The van der Waals surface area contributed by atoms with Crippen LogP contribution in [0.2, 0.25) is 5.02 Å². The lowest BCUT2D eigenvalue weighted by molar-refractivity contribution is -0.384. The van der Waals surface area contributed by atoms with Crippen molar-refractivity contribution in [1.29, 1.82) is 0 Å². The lowest BCUT2D eigenvalue weighted by Gasteiger charge is -2.02. The summed E-state index contributed by atoms with van der Waals surface area (Å²) in [6.45, 7) is 0. The highest BCUT2D eigenvalue weighted by Crippen LogP contribution is 2.22. The third-order valence-electron chi connectivity index (χ3n) is 2.69. The Kier molecular flexibility index (Phi) is 2.64. The average molecular weight is 275 g/mol. The minimum Gasteiger partial charge on any atom is -0.258 e. The minimum atomic E-state index is -0.438. The molecule has 7 heteroatoms. The number of rotatable bonds is 2. The molecule has 0 unspecified atom stereocenters. The molecular weight excluding hydrogens is 268 g/mol. The van der Waals surface area contributed by atoms with Crippen LogP contribution in [0.5, 0.6) is 0 Å². The SMILES string of the molecule is O=[N+]([O-])c1ccc2cnn(-c3ccc(Cl)cn3)c2c1. The third-order valence-corrected chi connectivity index (χ3v) is 2.92. The first-order valence-electron chi connectivity index (χ1n) is 5.39. The van der Waals surface area contributed by atoms with Gasteiger partial charge in [-0.1, -0.05) is 11.6 Å². The van der Waals surface area contributed by atoms with Crippen LogP contribution in [0.3, 0.4) is 0 Å². The number of nitro groups is 1. The third kappa shape index (κ3) is 2.02. The van der Waals surface area contributed by atoms with Crippen LogP contribution in [0, 0.1) is 10.1 Å². The summed E-state index contributed by atoms with van der Waals surface area (Å²) in [5, 5.41) is 16.3. The van der Waals surface area contributed by atoms with E-state index in [1.807, 2.05) is 0 Å². The van der Waals surface area contributed by atoms with E-state index in [0.717, 1.165) is 5.39 Å². The molecule has 94 valence electrons. The minimum absolute atomic E-state index is 0.0169. The molecule has 1 aromatic carbocycles. The highest BCUT2D eigenvalue weighted by molar-refractivity contribution is 6.30. The van der Waals surface area contributed by atoms with Gasteiger partial charge in [-0.25, -0.2) is 9.67 Å². The Morgan fingerprint density at radius 1 is 1.21 bits per heavy atom. The molecule has 0 aliphatic rings. The van der Waals surface area contributed by atoms with Crippen LogP contribution in [0.1, 0.15) is 0 Å². The molecule has 2 heterocycles. The van der Waals surface area contributed by atoms with Crippen LogP contribution in [-0.4, -0.2) is 19.7 Å². The Hall–Kier alpha value is -2.47. The van der Waals surface area contributed by atoms with Gasteiger partial charge in [0.2, 0.25) is 0 Å². The van der Waals surface area contributed by atoms with Crippen molar-refractivity contribution in [2.24, 2.45) is 0 Å². The van der Waals surface area contributed by atoms with Crippen molar-refractivity contribution in [2.75, 3.05) is 0 Å². The average Bonchev–Trinajstić information content (AvgIpc) is 2.82. The molecule has 0 N–H and O–H groups in total. The molecule has 3 rings (SSSR count). The van der Waals surface area contributed by atoms with E-state index in [2.05, 4.69) is 10.1 Å². The first kappa shape index (κ1) is 11.6. The molecule has 0 bridgehead atoms. The van der Waals surface area contributed by atoms with Gasteiger partial charge in [-0.3, -0.25) is 10.1 Å². The molecule has 19 heavy (non-hydrogen) atoms. The fraction of sp³-hybridized carbons (Fsp3) is 0. The molecule has 0 atom stereocenters. The van der Waals surface area contributed by atoms with Crippen molar-refractivity contribution in [3.05, 3.63) is 57.9 Å². The van der Waals surface area contributed by atoms with Gasteiger partial charge >= 0.3 is 0 Å². The molecule has 0 saturated carbocycles. The van der Waals surface area contributed by atoms with Crippen molar-refractivity contribution in [3.63, 3.8) is 0 Å². The second kappa shape index (κ2) is 4.33. The quantitative estimate of drug-likeness (QED) is 0.532. The maximum Gasteiger partial charge on any atom is 0.271 e. The molecule has 0 aliphatic heterocycles. The van der Waals surface area contributed by atoms with E-state index < -0.39 is 4.92 Å². The number of aromatic nitrogens is 3. The van der Waals surface area contributed by atoms with Gasteiger partial charge < -0.3 is 0 Å². The summed E-state index contributed by atoms with van der Waals surface area (Å²) in [4.78, 5) is 14.5. The molecule has 0 radical (unpaired) electrons. The molecular formula is C12H7ClN4O2. The van der Waals surface area contributed by atoms with Crippen molar-refractivity contribution in [2.45, 2.75) is 0 Å². The van der Waals surface area contributed by atoms with Gasteiger partial charge in [0.05, 0.1) is 21.7 Å². The Bertz CT molecular complexity index is 767. The maximum absolute atomic E-state index is 10.8. The molecule has 0 aliphatic carbocycles. The van der Waals surface area contributed by atoms with Crippen LogP contribution >= 0.6 is 11.6 Å². The summed E-state index contributed by atoms with van der Waals surface area (Å²) in [5.74, 6) is 0.555. The fourth-order valence-corrected chi connectivity index (χ4v) is 1.91. The van der Waals surface area contributed by atoms with Gasteiger partial charge in [0.15, 0.2) is 5.82 Å². The number of pyridine rings is 1. The second-order valence-corrected chi connectivity index (χ2v) is 4.33.